The van der Waals surface area contributed by atoms with Crippen LogP contribution in [0.15, 0.2) is 67.1 Å². The molecule has 0 saturated carbocycles. The molecule has 0 radical (unpaired) electrons. The molecule has 23 heavy (non-hydrogen) atoms. The highest BCUT2D eigenvalue weighted by atomic mass is 16.5. The summed E-state index contributed by atoms with van der Waals surface area (Å²) in [6.07, 6.45) is 2.95. The number of amides is 1. The van der Waals surface area contributed by atoms with Crippen LogP contribution in [0.25, 0.3) is 11.3 Å². The van der Waals surface area contributed by atoms with Crippen molar-refractivity contribution in [3.05, 3.63) is 72.7 Å². The van der Waals surface area contributed by atoms with Crippen molar-refractivity contribution < 1.29 is 9.53 Å². The summed E-state index contributed by atoms with van der Waals surface area (Å²) in [5.41, 5.74) is 2.53. The van der Waals surface area contributed by atoms with E-state index in [4.69, 9.17) is 4.74 Å². The van der Waals surface area contributed by atoms with Gasteiger partial charge in [0.15, 0.2) is 0 Å². The van der Waals surface area contributed by atoms with Crippen molar-refractivity contribution >= 4 is 11.6 Å². The number of carbonyl (C=O) groups excluding carboxylic acids is 1. The summed E-state index contributed by atoms with van der Waals surface area (Å²) in [6, 6.07) is 16.7. The molecule has 0 saturated heterocycles. The highest BCUT2D eigenvalue weighted by molar-refractivity contribution is 6.07. The van der Waals surface area contributed by atoms with Crippen LogP contribution in [-0.2, 0) is 0 Å². The van der Waals surface area contributed by atoms with Crippen molar-refractivity contribution in [2.75, 3.05) is 12.4 Å². The van der Waals surface area contributed by atoms with Crippen LogP contribution in [-0.4, -0.2) is 23.0 Å². The second kappa shape index (κ2) is 6.70. The minimum atomic E-state index is -0.266. The molecule has 0 spiro atoms. The smallest absolute Gasteiger partial charge is 0.259 e. The lowest BCUT2D eigenvalue weighted by Crippen LogP contribution is -2.14. The number of anilines is 1. The van der Waals surface area contributed by atoms with E-state index in [1.165, 1.54) is 12.5 Å². The van der Waals surface area contributed by atoms with Crippen molar-refractivity contribution in [1.82, 2.24) is 9.97 Å². The zero-order valence-electron chi connectivity index (χ0n) is 12.6. The molecule has 3 aromatic rings. The van der Waals surface area contributed by atoms with Gasteiger partial charge in [-0.15, -0.1) is 0 Å². The molecule has 5 heteroatoms. The second-order valence-corrected chi connectivity index (χ2v) is 4.84. The van der Waals surface area contributed by atoms with Gasteiger partial charge in [0.05, 0.1) is 18.4 Å². The Bertz CT molecular complexity index is 819. The molecule has 114 valence electrons. The molecule has 1 amide bonds. The van der Waals surface area contributed by atoms with Gasteiger partial charge in [-0.3, -0.25) is 4.79 Å². The van der Waals surface area contributed by atoms with Crippen molar-refractivity contribution in [2.24, 2.45) is 0 Å². The third kappa shape index (κ3) is 3.35. The molecule has 0 aliphatic heterocycles. The number of nitrogens with zero attached hydrogens (tertiary/aromatic N) is 2. The third-order valence-corrected chi connectivity index (χ3v) is 3.33. The van der Waals surface area contributed by atoms with E-state index in [1.54, 1.807) is 19.2 Å². The Hall–Kier alpha value is -3.21. The second-order valence-electron chi connectivity index (χ2n) is 4.84. The summed E-state index contributed by atoms with van der Waals surface area (Å²) in [5, 5.41) is 2.84. The van der Waals surface area contributed by atoms with Gasteiger partial charge >= 0.3 is 0 Å². The first-order valence-electron chi connectivity index (χ1n) is 7.09. The lowest BCUT2D eigenvalue weighted by molar-refractivity contribution is 0.102. The van der Waals surface area contributed by atoms with E-state index in [0.29, 0.717) is 22.7 Å². The lowest BCUT2D eigenvalue weighted by atomic mass is 10.1. The van der Waals surface area contributed by atoms with Crippen LogP contribution in [0.1, 0.15) is 10.4 Å². The molecule has 3 rings (SSSR count). The van der Waals surface area contributed by atoms with Gasteiger partial charge in [-0.25, -0.2) is 9.97 Å². The van der Waals surface area contributed by atoms with Gasteiger partial charge in [0.2, 0.25) is 0 Å². The summed E-state index contributed by atoms with van der Waals surface area (Å²) in [6.45, 7) is 0. The number of hydrogen-bond acceptors (Lipinski definition) is 4. The molecular formula is C18H15N3O2. The van der Waals surface area contributed by atoms with Crippen LogP contribution in [0.2, 0.25) is 0 Å². The number of methoxy groups -OCH3 is 1. The van der Waals surface area contributed by atoms with Crippen LogP contribution in [0, 0.1) is 0 Å². The summed E-state index contributed by atoms with van der Waals surface area (Å²) in [4.78, 5) is 20.8. The Balaban J connectivity index is 1.91. The number of hydrogen-bond donors (Lipinski definition) is 1. The predicted octanol–water partition coefficient (Wildman–Crippen LogP) is 3.40. The van der Waals surface area contributed by atoms with Gasteiger partial charge < -0.3 is 10.1 Å². The Morgan fingerprint density at radius 2 is 1.91 bits per heavy atom. The molecule has 1 aromatic heterocycles. The van der Waals surface area contributed by atoms with Gasteiger partial charge in [0, 0.05) is 23.5 Å². The van der Waals surface area contributed by atoms with Gasteiger partial charge in [-0.1, -0.05) is 36.4 Å². The van der Waals surface area contributed by atoms with Gasteiger partial charge in [0.25, 0.3) is 5.91 Å². The fraction of sp³-hybridized carbons (Fsp3) is 0.0556. The minimum absolute atomic E-state index is 0.266. The van der Waals surface area contributed by atoms with Gasteiger partial charge in [-0.2, -0.15) is 0 Å². The molecule has 1 N–H and O–H groups in total. The molecule has 5 nitrogen and oxygen atoms in total. The van der Waals surface area contributed by atoms with E-state index in [-0.39, 0.29) is 5.91 Å². The van der Waals surface area contributed by atoms with E-state index >= 15 is 0 Å². The van der Waals surface area contributed by atoms with E-state index in [2.05, 4.69) is 15.3 Å². The Kier molecular flexibility index (Phi) is 4.29. The molecule has 1 heterocycles. The van der Waals surface area contributed by atoms with Crippen LogP contribution in [0.5, 0.6) is 5.75 Å². The monoisotopic (exact) mass is 305 g/mol. The van der Waals surface area contributed by atoms with Gasteiger partial charge in [0.1, 0.15) is 12.1 Å². The maximum absolute atomic E-state index is 12.6. The number of rotatable bonds is 4. The third-order valence-electron chi connectivity index (χ3n) is 3.33. The number of ether oxygens (including phenoxy) is 1. The maximum Gasteiger partial charge on any atom is 0.259 e. The minimum Gasteiger partial charge on any atom is -0.497 e. The summed E-state index contributed by atoms with van der Waals surface area (Å²) >= 11 is 0. The quantitative estimate of drug-likeness (QED) is 0.802. The first kappa shape index (κ1) is 14.7. The average Bonchev–Trinajstić information content (AvgIpc) is 2.62. The van der Waals surface area contributed by atoms with E-state index in [0.717, 1.165) is 5.56 Å². The zero-order valence-corrected chi connectivity index (χ0v) is 12.6. The first-order valence-corrected chi connectivity index (χ1v) is 7.09. The van der Waals surface area contributed by atoms with E-state index in [9.17, 15) is 4.79 Å². The fourth-order valence-electron chi connectivity index (χ4n) is 2.22. The van der Waals surface area contributed by atoms with Crippen LogP contribution < -0.4 is 10.1 Å². The summed E-state index contributed by atoms with van der Waals surface area (Å²) in [7, 11) is 1.58. The normalized spacial score (nSPS) is 10.1. The Morgan fingerprint density at radius 3 is 2.70 bits per heavy atom. The zero-order chi connectivity index (χ0) is 16.1. The number of carbonyl (C=O) groups is 1. The number of benzene rings is 2. The van der Waals surface area contributed by atoms with Crippen molar-refractivity contribution in [3.63, 3.8) is 0 Å². The molecule has 2 aromatic carbocycles. The SMILES string of the molecule is COc1cccc(NC(=O)c2cncnc2-c2ccccc2)c1. The molecule has 0 aliphatic carbocycles. The van der Waals surface area contributed by atoms with Crippen molar-refractivity contribution in [3.8, 4) is 17.0 Å². The topological polar surface area (TPSA) is 64.1 Å². The highest BCUT2D eigenvalue weighted by Crippen LogP contribution is 2.22. The van der Waals surface area contributed by atoms with Gasteiger partial charge in [-0.05, 0) is 12.1 Å². The standard InChI is InChI=1S/C18H15N3O2/c1-23-15-9-5-8-14(10-15)21-18(22)16-11-19-12-20-17(16)13-6-3-2-4-7-13/h2-12H,1H3,(H,21,22). The van der Waals surface area contributed by atoms with Crippen LogP contribution >= 0.6 is 0 Å². The largest absolute Gasteiger partial charge is 0.497 e. The predicted molar refractivity (Wildman–Crippen MR) is 88.4 cm³/mol. The average molecular weight is 305 g/mol. The molecule has 0 fully saturated rings. The van der Waals surface area contributed by atoms with E-state index < -0.39 is 0 Å². The van der Waals surface area contributed by atoms with Crippen molar-refractivity contribution in [2.45, 2.75) is 0 Å². The number of nitrogens with one attached hydrogen (secondary N) is 1. The fourth-order valence-corrected chi connectivity index (χ4v) is 2.22. The molecule has 0 bridgehead atoms. The van der Waals surface area contributed by atoms with Crippen LogP contribution in [0.4, 0.5) is 5.69 Å². The van der Waals surface area contributed by atoms with Crippen LogP contribution in [0.3, 0.4) is 0 Å². The van der Waals surface area contributed by atoms with Crippen molar-refractivity contribution in [1.29, 1.82) is 0 Å². The Morgan fingerprint density at radius 1 is 1.09 bits per heavy atom. The summed E-state index contributed by atoms with van der Waals surface area (Å²) in [5.74, 6) is 0.410. The first-order chi connectivity index (χ1) is 11.3. The Labute approximate surface area is 134 Å². The lowest BCUT2D eigenvalue weighted by Gasteiger charge is -2.10. The van der Waals surface area contributed by atoms with E-state index in [1.807, 2.05) is 42.5 Å². The molecule has 0 atom stereocenters. The molecule has 0 unspecified atom stereocenters. The molecule has 0 aliphatic rings. The summed E-state index contributed by atoms with van der Waals surface area (Å²) < 4.78 is 5.16. The highest BCUT2D eigenvalue weighted by Gasteiger charge is 2.14. The number of aromatic nitrogens is 2. The maximum atomic E-state index is 12.6. The molecular weight excluding hydrogens is 290 g/mol.